The van der Waals surface area contributed by atoms with Crippen LogP contribution in [0.25, 0.3) is 0 Å². The highest BCUT2D eigenvalue weighted by molar-refractivity contribution is 5.70. The van der Waals surface area contributed by atoms with E-state index in [-0.39, 0.29) is 11.7 Å². The number of ether oxygens (including phenoxy) is 1. The quantitative estimate of drug-likeness (QED) is 0.832. The topological polar surface area (TPSA) is 49.8 Å². The second-order valence-electron chi connectivity index (χ2n) is 5.44. The van der Waals surface area contributed by atoms with Gasteiger partial charge < -0.3 is 14.7 Å². The van der Waals surface area contributed by atoms with E-state index in [0.29, 0.717) is 13.0 Å². The van der Waals surface area contributed by atoms with Crippen LogP contribution in [0, 0.1) is 0 Å². The molecule has 19 heavy (non-hydrogen) atoms. The van der Waals surface area contributed by atoms with Gasteiger partial charge in [0, 0.05) is 24.8 Å². The first-order valence-corrected chi connectivity index (χ1v) is 6.57. The summed E-state index contributed by atoms with van der Waals surface area (Å²) in [4.78, 5) is 13.7. The lowest BCUT2D eigenvalue weighted by Gasteiger charge is -2.24. The monoisotopic (exact) mass is 265 g/mol. The number of phenolic OH excluding ortho intramolecular Hbond substituents is 1. The molecule has 0 fully saturated rings. The van der Waals surface area contributed by atoms with Crippen molar-refractivity contribution in [2.75, 3.05) is 18.0 Å². The average molecular weight is 265 g/mol. The smallest absolute Gasteiger partial charge is 0.308 e. The molecule has 1 rings (SSSR count). The van der Waals surface area contributed by atoms with Crippen molar-refractivity contribution in [3.63, 3.8) is 0 Å². The summed E-state index contributed by atoms with van der Waals surface area (Å²) in [6, 6.07) is 7.03. The van der Waals surface area contributed by atoms with Gasteiger partial charge in [-0.1, -0.05) is 6.07 Å². The Morgan fingerprint density at radius 2 is 2.05 bits per heavy atom. The van der Waals surface area contributed by atoms with Gasteiger partial charge in [0.05, 0.1) is 6.42 Å². The zero-order valence-electron chi connectivity index (χ0n) is 12.1. The van der Waals surface area contributed by atoms with E-state index in [1.807, 2.05) is 38.7 Å². The fourth-order valence-electron chi connectivity index (χ4n) is 1.78. The van der Waals surface area contributed by atoms with E-state index in [9.17, 15) is 9.90 Å². The maximum atomic E-state index is 11.7. The van der Waals surface area contributed by atoms with Crippen LogP contribution in [0.15, 0.2) is 24.3 Å². The first-order chi connectivity index (χ1) is 8.81. The van der Waals surface area contributed by atoms with Crippen molar-refractivity contribution < 1.29 is 14.6 Å². The summed E-state index contributed by atoms with van der Waals surface area (Å²) in [7, 11) is 0. The molecule has 0 unspecified atom stereocenters. The van der Waals surface area contributed by atoms with Crippen LogP contribution in [0.2, 0.25) is 0 Å². The summed E-state index contributed by atoms with van der Waals surface area (Å²) in [6.07, 6.45) is 0.334. The largest absolute Gasteiger partial charge is 0.508 e. The molecule has 0 radical (unpaired) electrons. The summed E-state index contributed by atoms with van der Waals surface area (Å²) >= 11 is 0. The van der Waals surface area contributed by atoms with Crippen LogP contribution in [0.1, 0.15) is 34.1 Å². The first-order valence-electron chi connectivity index (χ1n) is 6.57. The van der Waals surface area contributed by atoms with Gasteiger partial charge in [-0.25, -0.2) is 0 Å². The molecule has 1 aromatic rings. The van der Waals surface area contributed by atoms with Crippen molar-refractivity contribution in [1.82, 2.24) is 0 Å². The Hall–Kier alpha value is -1.71. The molecule has 0 spiro atoms. The molecule has 1 N–H and O–H groups in total. The molecule has 0 aliphatic rings. The van der Waals surface area contributed by atoms with Crippen LogP contribution in [-0.2, 0) is 9.53 Å². The minimum absolute atomic E-state index is 0.203. The lowest BCUT2D eigenvalue weighted by Crippen LogP contribution is -2.29. The number of hydrogen-bond donors (Lipinski definition) is 1. The summed E-state index contributed by atoms with van der Waals surface area (Å²) in [5, 5.41) is 9.47. The van der Waals surface area contributed by atoms with Gasteiger partial charge in [0.2, 0.25) is 0 Å². The van der Waals surface area contributed by atoms with E-state index in [1.54, 1.807) is 18.2 Å². The van der Waals surface area contributed by atoms with Crippen molar-refractivity contribution in [1.29, 1.82) is 0 Å². The molecule has 4 heteroatoms. The van der Waals surface area contributed by atoms with Gasteiger partial charge in [-0.2, -0.15) is 0 Å². The Morgan fingerprint density at radius 1 is 1.37 bits per heavy atom. The van der Waals surface area contributed by atoms with Crippen molar-refractivity contribution in [2.45, 2.75) is 39.7 Å². The van der Waals surface area contributed by atoms with Crippen LogP contribution < -0.4 is 4.90 Å². The molecule has 0 saturated heterocycles. The zero-order chi connectivity index (χ0) is 14.5. The Balaban J connectivity index is 2.56. The van der Waals surface area contributed by atoms with E-state index in [1.165, 1.54) is 0 Å². The van der Waals surface area contributed by atoms with Gasteiger partial charge in [0.25, 0.3) is 0 Å². The number of phenols is 1. The molecule has 0 aliphatic carbocycles. The molecule has 0 amide bonds. The van der Waals surface area contributed by atoms with Crippen molar-refractivity contribution in [3.05, 3.63) is 24.3 Å². The van der Waals surface area contributed by atoms with Gasteiger partial charge >= 0.3 is 5.97 Å². The molecule has 106 valence electrons. The lowest BCUT2D eigenvalue weighted by molar-refractivity contribution is -0.154. The van der Waals surface area contributed by atoms with Crippen LogP contribution in [0.4, 0.5) is 5.69 Å². The van der Waals surface area contributed by atoms with Crippen LogP contribution >= 0.6 is 0 Å². The summed E-state index contributed by atoms with van der Waals surface area (Å²) in [6.45, 7) is 8.94. The number of hydrogen-bond acceptors (Lipinski definition) is 4. The molecule has 1 aromatic carbocycles. The number of benzene rings is 1. The van der Waals surface area contributed by atoms with Gasteiger partial charge in [0.15, 0.2) is 0 Å². The highest BCUT2D eigenvalue weighted by Gasteiger charge is 2.17. The normalized spacial score (nSPS) is 11.2. The highest BCUT2D eigenvalue weighted by Crippen LogP contribution is 2.20. The number of carbonyl (C=O) groups is 1. The minimum atomic E-state index is -0.445. The summed E-state index contributed by atoms with van der Waals surface area (Å²) < 4.78 is 5.28. The molecule has 0 aliphatic heterocycles. The number of carbonyl (C=O) groups excluding carboxylic acids is 1. The van der Waals surface area contributed by atoms with Crippen LogP contribution in [0.3, 0.4) is 0 Å². The second kappa shape index (κ2) is 6.45. The number of aromatic hydroxyl groups is 1. The molecular weight excluding hydrogens is 242 g/mol. The van der Waals surface area contributed by atoms with E-state index in [0.717, 1.165) is 12.2 Å². The molecule has 0 aromatic heterocycles. The van der Waals surface area contributed by atoms with E-state index in [4.69, 9.17) is 4.74 Å². The van der Waals surface area contributed by atoms with Gasteiger partial charge in [-0.3, -0.25) is 4.79 Å². The van der Waals surface area contributed by atoms with Gasteiger partial charge in [-0.05, 0) is 39.8 Å². The molecule has 0 atom stereocenters. The zero-order valence-corrected chi connectivity index (χ0v) is 12.1. The maximum Gasteiger partial charge on any atom is 0.308 e. The SMILES string of the molecule is CCN(CCC(=O)OC(C)(C)C)c1cccc(O)c1. The van der Waals surface area contributed by atoms with Crippen molar-refractivity contribution in [3.8, 4) is 5.75 Å². The molecule has 0 heterocycles. The Bertz CT molecular complexity index is 424. The maximum absolute atomic E-state index is 11.7. The van der Waals surface area contributed by atoms with Gasteiger partial charge in [0.1, 0.15) is 11.4 Å². The first kappa shape index (κ1) is 15.3. The van der Waals surface area contributed by atoms with Crippen molar-refractivity contribution in [2.24, 2.45) is 0 Å². The Kier molecular flexibility index (Phi) is 5.21. The third-order valence-corrected chi connectivity index (χ3v) is 2.58. The number of rotatable bonds is 5. The summed E-state index contributed by atoms with van der Waals surface area (Å²) in [5.74, 6) is 0.0271. The number of nitrogens with zero attached hydrogens (tertiary/aromatic N) is 1. The third kappa shape index (κ3) is 5.64. The number of esters is 1. The minimum Gasteiger partial charge on any atom is -0.508 e. The predicted octanol–water partition coefficient (Wildman–Crippen LogP) is 2.95. The molecule has 0 saturated carbocycles. The van der Waals surface area contributed by atoms with E-state index < -0.39 is 5.60 Å². The van der Waals surface area contributed by atoms with Crippen molar-refractivity contribution >= 4 is 11.7 Å². The Morgan fingerprint density at radius 3 is 2.58 bits per heavy atom. The number of anilines is 1. The molecular formula is C15H23NO3. The standard InChI is InChI=1S/C15H23NO3/c1-5-16(12-7-6-8-13(17)11-12)10-9-14(18)19-15(2,3)4/h6-8,11,17H,5,9-10H2,1-4H3. The average Bonchev–Trinajstić information content (AvgIpc) is 2.27. The van der Waals surface area contributed by atoms with Crippen LogP contribution in [-0.4, -0.2) is 29.8 Å². The Labute approximate surface area is 115 Å². The second-order valence-corrected chi connectivity index (χ2v) is 5.44. The highest BCUT2D eigenvalue weighted by atomic mass is 16.6. The van der Waals surface area contributed by atoms with E-state index >= 15 is 0 Å². The fraction of sp³-hybridized carbons (Fsp3) is 0.533. The summed E-state index contributed by atoms with van der Waals surface area (Å²) in [5.41, 5.74) is 0.463. The van der Waals surface area contributed by atoms with Gasteiger partial charge in [-0.15, -0.1) is 0 Å². The fourth-order valence-corrected chi connectivity index (χ4v) is 1.78. The third-order valence-electron chi connectivity index (χ3n) is 2.58. The molecule has 0 bridgehead atoms. The molecule has 4 nitrogen and oxygen atoms in total. The predicted molar refractivity (Wildman–Crippen MR) is 76.5 cm³/mol. The van der Waals surface area contributed by atoms with Crippen LogP contribution in [0.5, 0.6) is 5.75 Å². The lowest BCUT2D eigenvalue weighted by atomic mass is 10.2. The van der Waals surface area contributed by atoms with E-state index in [2.05, 4.69) is 0 Å².